The van der Waals surface area contributed by atoms with E-state index in [1.165, 1.54) is 11.1 Å². The summed E-state index contributed by atoms with van der Waals surface area (Å²) in [4.78, 5) is 30.3. The van der Waals surface area contributed by atoms with E-state index in [1.54, 1.807) is 11.8 Å². The van der Waals surface area contributed by atoms with Crippen molar-refractivity contribution in [2.75, 3.05) is 6.61 Å². The van der Waals surface area contributed by atoms with Gasteiger partial charge in [-0.3, -0.25) is 9.80 Å². The number of carbonyl (C=O) groups excluding carboxylic acids is 2. The molecule has 0 radical (unpaired) electrons. The van der Waals surface area contributed by atoms with Crippen molar-refractivity contribution in [3.8, 4) is 0 Å². The van der Waals surface area contributed by atoms with Gasteiger partial charge in [0.1, 0.15) is 11.6 Å². The molecule has 6 heteroatoms. The molecule has 6 nitrogen and oxygen atoms in total. The summed E-state index contributed by atoms with van der Waals surface area (Å²) in [5.41, 5.74) is 1.85. The lowest BCUT2D eigenvalue weighted by molar-refractivity contribution is -0.152. The summed E-state index contributed by atoms with van der Waals surface area (Å²) in [6.07, 6.45) is 1.18. The molecule has 1 saturated carbocycles. The molecule has 2 aromatic rings. The van der Waals surface area contributed by atoms with E-state index in [-0.39, 0.29) is 30.6 Å². The van der Waals surface area contributed by atoms with E-state index < -0.39 is 17.7 Å². The van der Waals surface area contributed by atoms with Gasteiger partial charge in [-0.05, 0) is 51.7 Å². The summed E-state index contributed by atoms with van der Waals surface area (Å²) in [5.74, 6) is -0.325. The van der Waals surface area contributed by atoms with Crippen molar-refractivity contribution in [2.24, 2.45) is 5.92 Å². The molecule has 4 atom stereocenters. The average molecular weight is 465 g/mol. The number of rotatable bonds is 7. The van der Waals surface area contributed by atoms with E-state index in [2.05, 4.69) is 53.4 Å². The first-order valence-corrected chi connectivity index (χ1v) is 12.3. The van der Waals surface area contributed by atoms with Crippen LogP contribution in [-0.4, -0.2) is 52.2 Å². The highest BCUT2D eigenvalue weighted by molar-refractivity contribution is 5.83. The number of fused-ring (bicyclic) bond motifs is 2. The van der Waals surface area contributed by atoms with Gasteiger partial charge in [0.05, 0.1) is 6.61 Å². The Morgan fingerprint density at radius 3 is 2.00 bits per heavy atom. The van der Waals surface area contributed by atoms with Crippen molar-refractivity contribution in [3.05, 3.63) is 71.8 Å². The van der Waals surface area contributed by atoms with Crippen LogP contribution in [0.2, 0.25) is 0 Å². The minimum atomic E-state index is -0.621. The molecule has 2 unspecified atom stereocenters. The molecule has 4 rings (SSSR count). The summed E-state index contributed by atoms with van der Waals surface area (Å²) < 4.78 is 11.1. The van der Waals surface area contributed by atoms with Gasteiger partial charge in [0.15, 0.2) is 0 Å². The first-order chi connectivity index (χ1) is 16.3. The maximum absolute atomic E-state index is 13.1. The van der Waals surface area contributed by atoms with Crippen molar-refractivity contribution < 1.29 is 19.1 Å². The zero-order chi connectivity index (χ0) is 24.3. The Labute approximate surface area is 202 Å². The Balaban J connectivity index is 1.61. The van der Waals surface area contributed by atoms with Crippen LogP contribution in [0.15, 0.2) is 60.7 Å². The van der Waals surface area contributed by atoms with E-state index in [9.17, 15) is 9.59 Å². The topological polar surface area (TPSA) is 59.1 Å². The highest BCUT2D eigenvalue weighted by Gasteiger charge is 2.58. The molecule has 1 aliphatic carbocycles. The van der Waals surface area contributed by atoms with Crippen LogP contribution in [0.25, 0.3) is 0 Å². The smallest absolute Gasteiger partial charge is 0.411 e. The van der Waals surface area contributed by atoms with Crippen molar-refractivity contribution in [1.82, 2.24) is 9.80 Å². The number of esters is 1. The number of ether oxygens (including phenoxy) is 2. The number of nitrogens with zero attached hydrogens (tertiary/aromatic N) is 2. The van der Waals surface area contributed by atoms with Crippen molar-refractivity contribution in [1.29, 1.82) is 0 Å². The summed E-state index contributed by atoms with van der Waals surface area (Å²) in [7, 11) is 0. The third kappa shape index (κ3) is 5.44. The van der Waals surface area contributed by atoms with Gasteiger partial charge in [0, 0.05) is 31.1 Å². The molecule has 0 spiro atoms. The molecule has 1 amide bonds. The normalized spacial score (nSPS) is 23.9. The van der Waals surface area contributed by atoms with Crippen LogP contribution in [0.3, 0.4) is 0 Å². The molecule has 34 heavy (non-hydrogen) atoms. The summed E-state index contributed by atoms with van der Waals surface area (Å²) in [6, 6.07) is 20.4. The number of amides is 1. The predicted molar refractivity (Wildman–Crippen MR) is 131 cm³/mol. The van der Waals surface area contributed by atoms with Crippen LogP contribution in [-0.2, 0) is 27.4 Å². The van der Waals surface area contributed by atoms with E-state index in [0.29, 0.717) is 0 Å². The maximum Gasteiger partial charge on any atom is 0.411 e. The lowest BCUT2D eigenvalue weighted by atomic mass is 9.91. The SMILES string of the molecule is CCOC(=O)[C@H]1C2CC(C[C@@H]2N(Cc2ccccc2)Cc2ccccc2)N1C(=O)OC(C)(C)C. The second-order valence-electron chi connectivity index (χ2n) is 10.3. The Bertz CT molecular complexity index is 931. The molecule has 0 aromatic heterocycles. The molecule has 0 N–H and O–H groups in total. The van der Waals surface area contributed by atoms with E-state index in [0.717, 1.165) is 25.9 Å². The molecular formula is C28H36N2O4. The van der Waals surface area contributed by atoms with Gasteiger partial charge >= 0.3 is 12.1 Å². The Hall–Kier alpha value is -2.86. The van der Waals surface area contributed by atoms with Gasteiger partial charge in [0.2, 0.25) is 0 Å². The van der Waals surface area contributed by atoms with Crippen LogP contribution in [0, 0.1) is 5.92 Å². The molecule has 2 aliphatic rings. The molecule has 1 aliphatic heterocycles. The highest BCUT2D eigenvalue weighted by atomic mass is 16.6. The largest absolute Gasteiger partial charge is 0.464 e. The fraction of sp³-hybridized carbons (Fsp3) is 0.500. The second kappa shape index (κ2) is 10.2. The molecule has 2 bridgehead atoms. The van der Waals surface area contributed by atoms with Gasteiger partial charge in [-0.1, -0.05) is 60.7 Å². The lowest BCUT2D eigenvalue weighted by Gasteiger charge is -2.42. The zero-order valence-electron chi connectivity index (χ0n) is 20.6. The molecule has 2 aromatic carbocycles. The Morgan fingerprint density at radius 2 is 1.50 bits per heavy atom. The van der Waals surface area contributed by atoms with Crippen LogP contribution < -0.4 is 0 Å². The molecular weight excluding hydrogens is 428 g/mol. The fourth-order valence-corrected chi connectivity index (χ4v) is 5.46. The van der Waals surface area contributed by atoms with E-state index in [1.807, 2.05) is 32.9 Å². The average Bonchev–Trinajstić information content (AvgIpc) is 3.38. The maximum atomic E-state index is 13.1. The quantitative estimate of drug-likeness (QED) is 0.539. The summed E-state index contributed by atoms with van der Waals surface area (Å²) >= 11 is 0. The third-order valence-corrected chi connectivity index (χ3v) is 6.71. The molecule has 1 heterocycles. The van der Waals surface area contributed by atoms with Crippen LogP contribution in [0.4, 0.5) is 4.79 Å². The first kappa shape index (κ1) is 24.3. The van der Waals surface area contributed by atoms with Gasteiger partial charge in [-0.25, -0.2) is 9.59 Å². The molecule has 1 saturated heterocycles. The highest BCUT2D eigenvalue weighted by Crippen LogP contribution is 2.46. The monoisotopic (exact) mass is 464 g/mol. The number of piperidine rings is 1. The lowest BCUT2D eigenvalue weighted by Crippen LogP contribution is -2.57. The Morgan fingerprint density at radius 1 is 0.941 bits per heavy atom. The van der Waals surface area contributed by atoms with Crippen molar-refractivity contribution in [3.63, 3.8) is 0 Å². The standard InChI is InChI=1S/C28H36N2O4/c1-5-33-26(31)25-23-16-22(30(25)27(32)34-28(2,3)4)17-24(23)29(18-20-12-8-6-9-13-20)19-21-14-10-7-11-15-21/h6-15,22-25H,5,16-19H2,1-4H3/t22?,23?,24-,25+/m0/s1. The zero-order valence-corrected chi connectivity index (χ0v) is 20.6. The van der Waals surface area contributed by atoms with Gasteiger partial charge < -0.3 is 9.47 Å². The van der Waals surface area contributed by atoms with Crippen LogP contribution in [0.5, 0.6) is 0 Å². The minimum Gasteiger partial charge on any atom is -0.464 e. The van der Waals surface area contributed by atoms with Crippen LogP contribution in [0.1, 0.15) is 51.7 Å². The molecule has 2 fully saturated rings. The van der Waals surface area contributed by atoms with E-state index in [4.69, 9.17) is 9.47 Å². The van der Waals surface area contributed by atoms with Crippen molar-refractivity contribution in [2.45, 2.75) is 77.4 Å². The van der Waals surface area contributed by atoms with Gasteiger partial charge in [0.25, 0.3) is 0 Å². The number of benzene rings is 2. The first-order valence-electron chi connectivity index (χ1n) is 12.3. The van der Waals surface area contributed by atoms with E-state index >= 15 is 0 Å². The number of likely N-dealkylation sites (tertiary alicyclic amines) is 1. The predicted octanol–water partition coefficient (Wildman–Crippen LogP) is 5.02. The molecule has 182 valence electrons. The number of hydrogen-bond donors (Lipinski definition) is 0. The van der Waals surface area contributed by atoms with Gasteiger partial charge in [-0.2, -0.15) is 0 Å². The summed E-state index contributed by atoms with van der Waals surface area (Å²) in [6.45, 7) is 9.21. The minimum absolute atomic E-state index is 0.00370. The van der Waals surface area contributed by atoms with Crippen LogP contribution >= 0.6 is 0 Å². The summed E-state index contributed by atoms with van der Waals surface area (Å²) in [5, 5.41) is 0. The number of carbonyl (C=O) groups is 2. The third-order valence-electron chi connectivity index (χ3n) is 6.71. The fourth-order valence-electron chi connectivity index (χ4n) is 5.46. The Kier molecular flexibility index (Phi) is 7.27. The van der Waals surface area contributed by atoms with Gasteiger partial charge in [-0.15, -0.1) is 0 Å². The van der Waals surface area contributed by atoms with Crippen molar-refractivity contribution >= 4 is 12.1 Å². The number of hydrogen-bond acceptors (Lipinski definition) is 5. The second-order valence-corrected chi connectivity index (χ2v) is 10.3.